The maximum absolute atomic E-state index is 12.7. The molecule has 1 N–H and O–H groups in total. The van der Waals surface area contributed by atoms with Crippen molar-refractivity contribution in [3.05, 3.63) is 40.5 Å². The highest BCUT2D eigenvalue weighted by molar-refractivity contribution is 7.99. The lowest BCUT2D eigenvalue weighted by Gasteiger charge is -2.30. The van der Waals surface area contributed by atoms with Crippen LogP contribution in [0.4, 0.5) is 13.2 Å². The van der Waals surface area contributed by atoms with E-state index in [1.54, 1.807) is 31.0 Å². The van der Waals surface area contributed by atoms with Crippen molar-refractivity contribution in [1.29, 1.82) is 0 Å². The third-order valence-corrected chi connectivity index (χ3v) is 9.28. The number of alkyl halides is 3. The Balaban J connectivity index is 1.15. The molecule has 1 aromatic carbocycles. The molecule has 2 aliphatic rings. The van der Waals surface area contributed by atoms with E-state index in [4.69, 9.17) is 23.6 Å². The highest BCUT2D eigenvalue weighted by Crippen LogP contribution is 2.40. The van der Waals surface area contributed by atoms with Crippen molar-refractivity contribution in [2.24, 2.45) is 0 Å². The third-order valence-electron chi connectivity index (χ3n) is 6.39. The third kappa shape index (κ3) is 5.82. The van der Waals surface area contributed by atoms with E-state index in [1.807, 2.05) is 17.6 Å². The lowest BCUT2D eigenvalue weighted by molar-refractivity contribution is -0.0366. The minimum absolute atomic E-state index is 0.0391. The monoisotopic (exact) mass is 599 g/mol. The van der Waals surface area contributed by atoms with Crippen LogP contribution in [-0.4, -0.2) is 57.3 Å². The number of thiazole rings is 1. The fourth-order valence-electron chi connectivity index (χ4n) is 4.51. The second-order valence-electron chi connectivity index (χ2n) is 8.95. The van der Waals surface area contributed by atoms with E-state index >= 15 is 0 Å². The summed E-state index contributed by atoms with van der Waals surface area (Å²) in [6.07, 6.45) is 3.13. The quantitative estimate of drug-likeness (QED) is 0.234. The molecular weight excluding hydrogens is 575 g/mol. The molecule has 4 aromatic rings. The van der Waals surface area contributed by atoms with Gasteiger partial charge in [0.05, 0.1) is 29.4 Å². The normalized spacial score (nSPS) is 18.4. The summed E-state index contributed by atoms with van der Waals surface area (Å²) in [5.41, 5.74) is 0.773. The zero-order valence-corrected chi connectivity index (χ0v) is 23.3. The van der Waals surface area contributed by atoms with Crippen molar-refractivity contribution in [2.45, 2.75) is 41.6 Å². The number of furan rings is 1. The van der Waals surface area contributed by atoms with E-state index in [0.29, 0.717) is 54.5 Å². The van der Waals surface area contributed by atoms with Crippen LogP contribution in [0, 0.1) is 0 Å². The zero-order valence-electron chi connectivity index (χ0n) is 20.9. The molecule has 1 fully saturated rings. The summed E-state index contributed by atoms with van der Waals surface area (Å²) in [6.45, 7) is 0.998. The number of nitrogens with one attached hydrogen (secondary N) is 1. The van der Waals surface area contributed by atoms with Crippen LogP contribution >= 0.6 is 35.0 Å². The molecule has 1 unspecified atom stereocenters. The Labute approximate surface area is 234 Å². The fourth-order valence-corrected chi connectivity index (χ4v) is 6.99. The molecule has 0 saturated carbocycles. The Morgan fingerprint density at radius 1 is 1.18 bits per heavy atom. The number of thioether (sulfide) groups is 1. The average molecular weight is 600 g/mol. The Hall–Kier alpha value is -2.59. The number of halogens is 3. The van der Waals surface area contributed by atoms with E-state index in [2.05, 4.69) is 10.4 Å². The average Bonchev–Trinajstić information content (AvgIpc) is 3.69. The van der Waals surface area contributed by atoms with Gasteiger partial charge in [-0.05, 0) is 30.7 Å². The molecule has 0 radical (unpaired) electrons. The van der Waals surface area contributed by atoms with E-state index in [0.717, 1.165) is 21.2 Å². The van der Waals surface area contributed by atoms with Crippen LogP contribution in [-0.2, 0) is 11.3 Å². The predicted molar refractivity (Wildman–Crippen MR) is 144 cm³/mol. The maximum Gasteiger partial charge on any atom is 0.456 e. The summed E-state index contributed by atoms with van der Waals surface area (Å²) in [6, 6.07) is 5.49. The van der Waals surface area contributed by atoms with E-state index < -0.39 is 5.51 Å². The second-order valence-corrected chi connectivity index (χ2v) is 12.0. The van der Waals surface area contributed by atoms with Crippen LogP contribution in [0.25, 0.3) is 22.4 Å². The molecule has 6 rings (SSSR count). The number of hydrogen-bond donors (Lipinski definition) is 1. The van der Waals surface area contributed by atoms with Crippen LogP contribution in [0.5, 0.6) is 11.5 Å². The van der Waals surface area contributed by atoms with Crippen LogP contribution in [0.15, 0.2) is 39.3 Å². The molecule has 1 saturated heterocycles. The van der Waals surface area contributed by atoms with Crippen molar-refractivity contribution in [3.63, 3.8) is 0 Å². The van der Waals surface area contributed by atoms with Crippen molar-refractivity contribution in [2.75, 3.05) is 32.7 Å². The lowest BCUT2D eigenvalue weighted by Crippen LogP contribution is -2.30. The van der Waals surface area contributed by atoms with Gasteiger partial charge in [-0.3, -0.25) is 5.43 Å². The van der Waals surface area contributed by atoms with Crippen molar-refractivity contribution in [1.82, 2.24) is 18.9 Å². The summed E-state index contributed by atoms with van der Waals surface area (Å²) in [5, 5.41) is 4.42. The number of aromatic nitrogens is 3. The van der Waals surface area contributed by atoms with Gasteiger partial charge in [-0.2, -0.15) is 13.2 Å². The number of piperidine rings is 1. The van der Waals surface area contributed by atoms with E-state index in [-0.39, 0.29) is 30.0 Å². The molecule has 0 amide bonds. The standard InChI is InChI=1S/C24H24F3N5O4S3/c1-33-15-7-18(16-9-20(36-19(16)8-15)17-10-32-22(29-17)38-23(30-32)34-2)35-11-14-12-37-21(28-14)13-3-5-31(6-4-13)39-24(25,26)27/h7-10,12-13,23,30H,3-6,11H2,1-2H3. The summed E-state index contributed by atoms with van der Waals surface area (Å²) in [4.78, 5) is 9.36. The minimum Gasteiger partial charge on any atom is -0.496 e. The minimum atomic E-state index is -4.25. The molecule has 0 spiro atoms. The van der Waals surface area contributed by atoms with Gasteiger partial charge < -0.3 is 18.6 Å². The molecule has 39 heavy (non-hydrogen) atoms. The van der Waals surface area contributed by atoms with Crippen molar-refractivity contribution < 1.29 is 31.8 Å². The van der Waals surface area contributed by atoms with Gasteiger partial charge in [-0.15, -0.1) is 11.3 Å². The SMILES string of the molecule is COc1cc(OCc2csc(C3CCN(SC(F)(F)F)CC3)n2)c2cc(-c3cn4c(n3)SC(OC)N4)oc2c1. The van der Waals surface area contributed by atoms with Crippen molar-refractivity contribution in [3.8, 4) is 23.0 Å². The predicted octanol–water partition coefficient (Wildman–Crippen LogP) is 6.27. The van der Waals surface area contributed by atoms with Crippen LogP contribution in [0.2, 0.25) is 0 Å². The van der Waals surface area contributed by atoms with Gasteiger partial charge in [0.15, 0.2) is 16.5 Å². The number of ether oxygens (including phenoxy) is 3. The first-order chi connectivity index (χ1) is 18.8. The van der Waals surface area contributed by atoms with E-state index in [1.165, 1.54) is 27.4 Å². The summed E-state index contributed by atoms with van der Waals surface area (Å²) in [5.74, 6) is 1.92. The molecule has 2 aliphatic heterocycles. The fraction of sp³-hybridized carbons (Fsp3) is 0.417. The van der Waals surface area contributed by atoms with Gasteiger partial charge in [0, 0.05) is 55.6 Å². The van der Waals surface area contributed by atoms with Gasteiger partial charge in [-0.25, -0.2) is 18.9 Å². The molecule has 3 aromatic heterocycles. The molecule has 15 heteroatoms. The van der Waals surface area contributed by atoms with Crippen LogP contribution in [0.3, 0.4) is 0 Å². The summed E-state index contributed by atoms with van der Waals surface area (Å²) in [7, 11) is 3.21. The largest absolute Gasteiger partial charge is 0.496 e. The first-order valence-corrected chi connectivity index (χ1v) is 14.6. The lowest BCUT2D eigenvalue weighted by atomic mass is 9.99. The molecule has 1 atom stereocenters. The molecular formula is C24H24F3N5O4S3. The number of hydrogen-bond acceptors (Lipinski definition) is 11. The Kier molecular flexibility index (Phi) is 7.35. The smallest absolute Gasteiger partial charge is 0.456 e. The van der Waals surface area contributed by atoms with Gasteiger partial charge in [-0.1, -0.05) is 0 Å². The number of imidazole rings is 1. The number of benzene rings is 1. The number of nitrogens with zero attached hydrogens (tertiary/aromatic N) is 4. The molecule has 9 nitrogen and oxygen atoms in total. The first-order valence-electron chi connectivity index (χ1n) is 12.0. The highest BCUT2D eigenvalue weighted by atomic mass is 32.2. The van der Waals surface area contributed by atoms with Gasteiger partial charge in [0.2, 0.25) is 0 Å². The van der Waals surface area contributed by atoms with Gasteiger partial charge in [0.1, 0.15) is 29.4 Å². The van der Waals surface area contributed by atoms with Gasteiger partial charge >= 0.3 is 5.51 Å². The number of rotatable bonds is 8. The van der Waals surface area contributed by atoms with Crippen molar-refractivity contribution >= 4 is 46.0 Å². The highest BCUT2D eigenvalue weighted by Gasteiger charge is 2.35. The zero-order chi connectivity index (χ0) is 27.1. The molecule has 5 heterocycles. The van der Waals surface area contributed by atoms with Crippen LogP contribution in [0.1, 0.15) is 29.5 Å². The molecule has 0 bridgehead atoms. The number of fused-ring (bicyclic) bond motifs is 2. The molecule has 0 aliphatic carbocycles. The first kappa shape index (κ1) is 26.6. The maximum atomic E-state index is 12.7. The topological polar surface area (TPSA) is 86.8 Å². The number of methoxy groups -OCH3 is 2. The van der Waals surface area contributed by atoms with E-state index in [9.17, 15) is 13.2 Å². The Morgan fingerprint density at radius 2 is 2.00 bits per heavy atom. The van der Waals surface area contributed by atoms with Gasteiger partial charge in [0.25, 0.3) is 0 Å². The Bertz CT molecular complexity index is 1440. The summed E-state index contributed by atoms with van der Waals surface area (Å²) >= 11 is 2.95. The Morgan fingerprint density at radius 3 is 2.72 bits per heavy atom. The summed E-state index contributed by atoms with van der Waals surface area (Å²) < 4.78 is 64.2. The second kappa shape index (κ2) is 10.8. The van der Waals surface area contributed by atoms with Crippen LogP contribution < -0.4 is 14.9 Å². The molecule has 208 valence electrons.